The van der Waals surface area contributed by atoms with E-state index in [2.05, 4.69) is 0 Å². The zero-order valence-electron chi connectivity index (χ0n) is 9.03. The van der Waals surface area contributed by atoms with Gasteiger partial charge >= 0.3 is 6.18 Å². The van der Waals surface area contributed by atoms with Gasteiger partial charge in [-0.3, -0.25) is 0 Å². The molecule has 0 unspecified atom stereocenters. The summed E-state index contributed by atoms with van der Waals surface area (Å²) < 4.78 is 37.7. The molecule has 90 valence electrons. The van der Waals surface area contributed by atoms with Crippen molar-refractivity contribution in [2.75, 3.05) is 6.54 Å². The van der Waals surface area contributed by atoms with Gasteiger partial charge in [0.15, 0.2) is 0 Å². The molecular weight excluding hydrogens is 239 g/mol. The van der Waals surface area contributed by atoms with E-state index >= 15 is 0 Å². The Morgan fingerprint density at radius 2 is 1.62 bits per heavy atom. The van der Waals surface area contributed by atoms with Gasteiger partial charge in [-0.05, 0) is 23.8 Å². The number of alkyl halides is 3. The van der Waals surface area contributed by atoms with Crippen LogP contribution in [0.4, 0.5) is 13.2 Å². The summed E-state index contributed by atoms with van der Waals surface area (Å²) in [7, 11) is 0. The lowest BCUT2D eigenvalue weighted by molar-refractivity contribution is -0.137. The van der Waals surface area contributed by atoms with Gasteiger partial charge in [-0.15, -0.1) is 0 Å². The highest BCUT2D eigenvalue weighted by Crippen LogP contribution is 2.34. The third-order valence-electron chi connectivity index (χ3n) is 2.52. The van der Waals surface area contributed by atoms with Gasteiger partial charge in [-0.2, -0.15) is 13.2 Å². The summed E-state index contributed by atoms with van der Waals surface area (Å²) >= 11 is 5.68. The van der Waals surface area contributed by atoms with Gasteiger partial charge in [0, 0.05) is 17.0 Å². The molecule has 0 saturated heterocycles. The average Bonchev–Trinajstić information content (AvgIpc) is 2.15. The minimum Gasteiger partial charge on any atom is -0.330 e. The van der Waals surface area contributed by atoms with Gasteiger partial charge in [-0.25, -0.2) is 0 Å². The van der Waals surface area contributed by atoms with Crippen LogP contribution in [0.25, 0.3) is 0 Å². The van der Waals surface area contributed by atoms with Crippen molar-refractivity contribution in [3.63, 3.8) is 0 Å². The third kappa shape index (κ3) is 2.89. The highest BCUT2D eigenvalue weighted by Gasteiger charge is 2.32. The van der Waals surface area contributed by atoms with E-state index in [0.29, 0.717) is 5.56 Å². The van der Waals surface area contributed by atoms with Gasteiger partial charge in [-0.1, -0.05) is 25.4 Å². The fourth-order valence-corrected chi connectivity index (χ4v) is 1.50. The molecule has 0 aliphatic carbocycles. The molecule has 0 aliphatic rings. The van der Waals surface area contributed by atoms with E-state index in [1.54, 1.807) is 13.8 Å². The van der Waals surface area contributed by atoms with Crippen molar-refractivity contribution in [1.82, 2.24) is 0 Å². The molecule has 0 aromatic heterocycles. The Morgan fingerprint density at radius 1 is 1.12 bits per heavy atom. The quantitative estimate of drug-likeness (QED) is 0.854. The second-order valence-corrected chi connectivity index (χ2v) is 4.75. The van der Waals surface area contributed by atoms with Crippen LogP contribution in [0, 0.1) is 0 Å². The van der Waals surface area contributed by atoms with Crippen molar-refractivity contribution in [1.29, 1.82) is 0 Å². The molecule has 1 aromatic rings. The molecule has 0 amide bonds. The van der Waals surface area contributed by atoms with Gasteiger partial charge in [0.2, 0.25) is 0 Å². The average molecular weight is 252 g/mol. The normalized spacial score (nSPS) is 12.9. The Bertz CT molecular complexity index is 385. The molecule has 1 aromatic carbocycles. The number of hydrogen-bond donors (Lipinski definition) is 1. The lowest BCUT2D eigenvalue weighted by Gasteiger charge is -2.24. The van der Waals surface area contributed by atoms with E-state index in [1.807, 2.05) is 0 Å². The van der Waals surface area contributed by atoms with Crippen LogP contribution in [0.2, 0.25) is 5.02 Å². The monoisotopic (exact) mass is 251 g/mol. The summed E-state index contributed by atoms with van der Waals surface area (Å²) in [5.74, 6) is 0. The van der Waals surface area contributed by atoms with Crippen LogP contribution in [0.3, 0.4) is 0 Å². The second-order valence-electron chi connectivity index (χ2n) is 4.31. The summed E-state index contributed by atoms with van der Waals surface area (Å²) in [6.07, 6.45) is -4.38. The molecule has 0 spiro atoms. The molecule has 0 heterocycles. The highest BCUT2D eigenvalue weighted by atomic mass is 35.5. The first-order valence-electron chi connectivity index (χ1n) is 4.75. The van der Waals surface area contributed by atoms with Crippen LogP contribution in [0.15, 0.2) is 18.2 Å². The molecule has 0 fully saturated rings. The van der Waals surface area contributed by atoms with E-state index in [1.165, 1.54) is 6.07 Å². The molecule has 2 N–H and O–H groups in total. The summed E-state index contributed by atoms with van der Waals surface area (Å²) in [5, 5.41) is 0.0753. The molecule has 0 bridgehead atoms. The molecule has 1 nitrogen and oxygen atoms in total. The summed E-state index contributed by atoms with van der Waals surface area (Å²) in [6, 6.07) is 3.53. The smallest absolute Gasteiger partial charge is 0.330 e. The maximum absolute atomic E-state index is 12.6. The van der Waals surface area contributed by atoms with Crippen LogP contribution in [0.5, 0.6) is 0 Å². The van der Waals surface area contributed by atoms with Crippen LogP contribution >= 0.6 is 11.6 Å². The Kier molecular flexibility index (Phi) is 3.55. The lowest BCUT2D eigenvalue weighted by Crippen LogP contribution is -2.28. The maximum atomic E-state index is 12.6. The SMILES string of the molecule is CC(C)(CN)c1cc(Cl)cc(C(F)(F)F)c1. The van der Waals surface area contributed by atoms with Crippen LogP contribution < -0.4 is 5.73 Å². The van der Waals surface area contributed by atoms with Crippen LogP contribution in [-0.2, 0) is 11.6 Å². The maximum Gasteiger partial charge on any atom is 0.416 e. The van der Waals surface area contributed by atoms with Crippen LogP contribution in [0.1, 0.15) is 25.0 Å². The zero-order chi connectivity index (χ0) is 12.6. The van der Waals surface area contributed by atoms with Crippen molar-refractivity contribution in [2.45, 2.75) is 25.4 Å². The molecule has 5 heteroatoms. The number of halogens is 4. The number of nitrogens with two attached hydrogens (primary N) is 1. The van der Waals surface area contributed by atoms with E-state index in [-0.39, 0.29) is 11.6 Å². The van der Waals surface area contributed by atoms with Gasteiger partial charge in [0.05, 0.1) is 5.56 Å². The zero-order valence-corrected chi connectivity index (χ0v) is 9.78. The Labute approximate surface area is 97.4 Å². The Hall–Kier alpha value is -0.740. The predicted octanol–water partition coefficient (Wildman–Crippen LogP) is 3.60. The number of rotatable bonds is 2. The molecule has 1 rings (SSSR count). The lowest BCUT2D eigenvalue weighted by atomic mass is 9.84. The largest absolute Gasteiger partial charge is 0.416 e. The van der Waals surface area contributed by atoms with Crippen molar-refractivity contribution in [2.24, 2.45) is 5.73 Å². The van der Waals surface area contributed by atoms with Crippen LogP contribution in [-0.4, -0.2) is 6.54 Å². The number of benzene rings is 1. The van der Waals surface area contributed by atoms with Gasteiger partial charge < -0.3 is 5.73 Å². The molecular formula is C11H13ClF3N. The molecule has 0 radical (unpaired) electrons. The van der Waals surface area contributed by atoms with Gasteiger partial charge in [0.1, 0.15) is 0 Å². The molecule has 16 heavy (non-hydrogen) atoms. The number of hydrogen-bond acceptors (Lipinski definition) is 1. The fourth-order valence-electron chi connectivity index (χ4n) is 1.26. The topological polar surface area (TPSA) is 26.0 Å². The fraction of sp³-hybridized carbons (Fsp3) is 0.455. The molecule has 0 atom stereocenters. The summed E-state index contributed by atoms with van der Waals surface area (Å²) in [4.78, 5) is 0. The van der Waals surface area contributed by atoms with Crippen molar-refractivity contribution in [3.05, 3.63) is 34.3 Å². The van der Waals surface area contributed by atoms with E-state index in [9.17, 15) is 13.2 Å². The summed E-state index contributed by atoms with van der Waals surface area (Å²) in [6.45, 7) is 3.81. The predicted molar refractivity (Wildman–Crippen MR) is 58.5 cm³/mol. The van der Waals surface area contributed by atoms with E-state index < -0.39 is 17.2 Å². The minimum atomic E-state index is -4.38. The second kappa shape index (κ2) is 4.26. The van der Waals surface area contributed by atoms with Crippen molar-refractivity contribution >= 4 is 11.6 Å². The Morgan fingerprint density at radius 3 is 2.06 bits per heavy atom. The molecule has 0 aliphatic heterocycles. The van der Waals surface area contributed by atoms with Crippen molar-refractivity contribution in [3.8, 4) is 0 Å². The molecule has 0 saturated carbocycles. The first-order valence-corrected chi connectivity index (χ1v) is 5.13. The minimum absolute atomic E-state index is 0.0753. The van der Waals surface area contributed by atoms with E-state index in [4.69, 9.17) is 17.3 Å². The first-order chi connectivity index (χ1) is 7.16. The van der Waals surface area contributed by atoms with E-state index in [0.717, 1.165) is 12.1 Å². The Balaban J connectivity index is 3.29. The highest BCUT2D eigenvalue weighted by molar-refractivity contribution is 6.30. The first kappa shape index (κ1) is 13.3. The van der Waals surface area contributed by atoms with Crippen molar-refractivity contribution < 1.29 is 13.2 Å². The third-order valence-corrected chi connectivity index (χ3v) is 2.74. The standard InChI is InChI=1S/C11H13ClF3N/c1-10(2,6-16)7-3-8(11(13,14)15)5-9(12)4-7/h3-5H,6,16H2,1-2H3. The van der Waals surface area contributed by atoms with Gasteiger partial charge in [0.25, 0.3) is 0 Å². The summed E-state index contributed by atoms with van der Waals surface area (Å²) in [5.41, 5.74) is 4.76.